The lowest BCUT2D eigenvalue weighted by molar-refractivity contribution is -0.133. The Labute approximate surface area is 187 Å². The van der Waals surface area contributed by atoms with Gasteiger partial charge in [0.25, 0.3) is 0 Å². The first kappa shape index (κ1) is 22.2. The van der Waals surface area contributed by atoms with Crippen molar-refractivity contribution >= 4 is 22.8 Å². The van der Waals surface area contributed by atoms with E-state index in [2.05, 4.69) is 21.5 Å². The minimum Gasteiger partial charge on any atom is -0.386 e. The maximum Gasteiger partial charge on any atom is 0.224 e. The summed E-state index contributed by atoms with van der Waals surface area (Å²) in [5.41, 5.74) is 0.943. The Morgan fingerprint density at radius 3 is 2.84 bits per heavy atom. The van der Waals surface area contributed by atoms with Gasteiger partial charge in [-0.1, -0.05) is 19.1 Å². The molecule has 1 aliphatic rings. The smallest absolute Gasteiger partial charge is 0.224 e. The predicted octanol–water partition coefficient (Wildman–Crippen LogP) is 3.01. The van der Waals surface area contributed by atoms with Gasteiger partial charge in [0.15, 0.2) is 0 Å². The molecule has 3 heterocycles. The van der Waals surface area contributed by atoms with Gasteiger partial charge in [-0.05, 0) is 37.1 Å². The van der Waals surface area contributed by atoms with Gasteiger partial charge in [0.2, 0.25) is 5.91 Å². The lowest BCUT2D eigenvalue weighted by atomic mass is 9.92. The summed E-state index contributed by atoms with van der Waals surface area (Å²) < 4.78 is 15.3. The molecule has 0 radical (unpaired) electrons. The largest absolute Gasteiger partial charge is 0.386 e. The highest BCUT2D eigenvalue weighted by Gasteiger charge is 2.35. The van der Waals surface area contributed by atoms with Crippen molar-refractivity contribution in [1.29, 1.82) is 0 Å². The number of pyridine rings is 1. The fourth-order valence-electron chi connectivity index (χ4n) is 4.56. The first-order valence-corrected chi connectivity index (χ1v) is 11.2. The van der Waals surface area contributed by atoms with Gasteiger partial charge in [0.1, 0.15) is 17.5 Å². The van der Waals surface area contributed by atoms with Crippen LogP contribution in [0.5, 0.6) is 0 Å². The van der Waals surface area contributed by atoms with Gasteiger partial charge in [-0.2, -0.15) is 0 Å². The number of hydrogen-bond acceptors (Lipinski definition) is 5. The van der Waals surface area contributed by atoms with Gasteiger partial charge in [-0.3, -0.25) is 4.79 Å². The number of rotatable bonds is 7. The van der Waals surface area contributed by atoms with Crippen LogP contribution in [0, 0.1) is 5.82 Å². The van der Waals surface area contributed by atoms with E-state index >= 15 is 0 Å². The number of nitrogens with zero attached hydrogens (tertiary/aromatic N) is 5. The zero-order valence-electron chi connectivity index (χ0n) is 18.7. The number of piperidine rings is 1. The third kappa shape index (κ3) is 4.75. The number of carbonyl (C=O) groups is 1. The molecule has 1 N–H and O–H groups in total. The highest BCUT2D eigenvalue weighted by atomic mass is 19.1. The number of likely N-dealkylation sites (N-methyl/N-ethyl adjacent to an activating group) is 1. The van der Waals surface area contributed by atoms with Crippen molar-refractivity contribution in [1.82, 2.24) is 19.4 Å². The highest BCUT2D eigenvalue weighted by Crippen LogP contribution is 2.26. The molecule has 1 fully saturated rings. The second-order valence-electron chi connectivity index (χ2n) is 8.61. The van der Waals surface area contributed by atoms with E-state index in [-0.39, 0.29) is 18.3 Å². The second kappa shape index (κ2) is 9.24. The van der Waals surface area contributed by atoms with Crippen LogP contribution in [-0.2, 0) is 17.8 Å². The molecule has 1 saturated heterocycles. The average molecular weight is 440 g/mol. The zero-order valence-corrected chi connectivity index (χ0v) is 18.7. The number of aryl methyl sites for hydroxylation is 2. The number of para-hydroxylation sites is 2. The second-order valence-corrected chi connectivity index (χ2v) is 8.61. The average Bonchev–Trinajstić information content (AvgIpc) is 3.15. The number of halogens is 1. The van der Waals surface area contributed by atoms with E-state index < -0.39 is 5.60 Å². The van der Waals surface area contributed by atoms with Crippen molar-refractivity contribution in [3.05, 3.63) is 54.2 Å². The Hall–Kier alpha value is -3.00. The van der Waals surface area contributed by atoms with E-state index in [0.29, 0.717) is 31.7 Å². The Bertz CT molecular complexity index is 1080. The SMILES string of the molecule is CCc1nc2ccccc2n1CCC(=O)N(C)CC1(O)CCCN(c2ccc(F)cn2)C1. The molecule has 1 amide bonds. The zero-order chi connectivity index (χ0) is 22.7. The summed E-state index contributed by atoms with van der Waals surface area (Å²) in [5, 5.41) is 11.2. The molecule has 0 bridgehead atoms. The summed E-state index contributed by atoms with van der Waals surface area (Å²) in [6.45, 7) is 3.96. The van der Waals surface area contributed by atoms with E-state index in [1.54, 1.807) is 18.0 Å². The maximum atomic E-state index is 13.2. The lowest BCUT2D eigenvalue weighted by Gasteiger charge is -2.41. The summed E-state index contributed by atoms with van der Waals surface area (Å²) in [4.78, 5) is 25.3. The minimum absolute atomic E-state index is 0.0183. The summed E-state index contributed by atoms with van der Waals surface area (Å²) in [6.07, 6.45) is 3.70. The van der Waals surface area contributed by atoms with Gasteiger partial charge >= 0.3 is 0 Å². The summed E-state index contributed by atoms with van der Waals surface area (Å²) in [7, 11) is 1.74. The number of anilines is 1. The first-order valence-electron chi connectivity index (χ1n) is 11.2. The Morgan fingerprint density at radius 2 is 2.09 bits per heavy atom. The number of benzene rings is 1. The molecule has 4 rings (SSSR count). The number of aliphatic hydroxyl groups is 1. The molecule has 1 atom stereocenters. The van der Waals surface area contributed by atoms with Crippen molar-refractivity contribution in [2.75, 3.05) is 31.6 Å². The molecule has 1 aromatic carbocycles. The van der Waals surface area contributed by atoms with Crippen LogP contribution in [0.4, 0.5) is 10.2 Å². The predicted molar refractivity (Wildman–Crippen MR) is 122 cm³/mol. The fourth-order valence-corrected chi connectivity index (χ4v) is 4.56. The Morgan fingerprint density at radius 1 is 1.28 bits per heavy atom. The molecule has 1 aliphatic heterocycles. The molecule has 7 nitrogen and oxygen atoms in total. The molecule has 0 aliphatic carbocycles. The summed E-state index contributed by atoms with van der Waals surface area (Å²) in [6, 6.07) is 11.0. The van der Waals surface area contributed by atoms with Crippen LogP contribution >= 0.6 is 0 Å². The van der Waals surface area contributed by atoms with Crippen molar-refractivity contribution in [2.24, 2.45) is 0 Å². The van der Waals surface area contributed by atoms with Gasteiger partial charge < -0.3 is 19.5 Å². The molecular weight excluding hydrogens is 409 g/mol. The van der Waals surface area contributed by atoms with Crippen LogP contribution < -0.4 is 4.90 Å². The molecule has 32 heavy (non-hydrogen) atoms. The van der Waals surface area contributed by atoms with Gasteiger partial charge in [-0.15, -0.1) is 0 Å². The maximum absolute atomic E-state index is 13.2. The van der Waals surface area contributed by atoms with Crippen molar-refractivity contribution in [2.45, 2.75) is 44.8 Å². The van der Waals surface area contributed by atoms with E-state index in [9.17, 15) is 14.3 Å². The molecule has 0 saturated carbocycles. The molecule has 0 spiro atoms. The molecule has 8 heteroatoms. The van der Waals surface area contributed by atoms with Crippen LogP contribution in [0.3, 0.4) is 0 Å². The number of fused-ring (bicyclic) bond motifs is 1. The lowest BCUT2D eigenvalue weighted by Crippen LogP contribution is -2.55. The van der Waals surface area contributed by atoms with E-state index in [4.69, 9.17) is 0 Å². The quantitative estimate of drug-likeness (QED) is 0.613. The molecule has 170 valence electrons. The fraction of sp³-hybridized carbons (Fsp3) is 0.458. The Balaban J connectivity index is 1.38. The monoisotopic (exact) mass is 439 g/mol. The molecule has 1 unspecified atom stereocenters. The van der Waals surface area contributed by atoms with Gasteiger partial charge in [0.05, 0.1) is 29.4 Å². The molecule has 3 aromatic rings. The number of amides is 1. The highest BCUT2D eigenvalue weighted by molar-refractivity contribution is 5.78. The van der Waals surface area contributed by atoms with Crippen molar-refractivity contribution in [3.8, 4) is 0 Å². The normalized spacial score (nSPS) is 18.8. The molecule has 2 aromatic heterocycles. The standard InChI is InChI=1S/C24H30FN5O2/c1-3-21-27-19-7-4-5-8-20(19)30(21)14-11-23(31)28(2)16-24(32)12-6-13-29(17-24)22-10-9-18(25)15-26-22/h4-5,7-10,15,32H,3,6,11-14,16-17H2,1-2H3. The van der Waals surface area contributed by atoms with E-state index in [1.807, 2.05) is 29.2 Å². The van der Waals surface area contributed by atoms with E-state index in [0.717, 1.165) is 36.2 Å². The van der Waals surface area contributed by atoms with Gasteiger partial charge in [-0.25, -0.2) is 14.4 Å². The summed E-state index contributed by atoms with van der Waals surface area (Å²) in [5.74, 6) is 1.20. The van der Waals surface area contributed by atoms with Crippen LogP contribution in [0.1, 0.15) is 32.0 Å². The third-order valence-corrected chi connectivity index (χ3v) is 6.15. The minimum atomic E-state index is -1.03. The van der Waals surface area contributed by atoms with Crippen molar-refractivity contribution in [3.63, 3.8) is 0 Å². The number of hydrogen-bond donors (Lipinski definition) is 1. The van der Waals surface area contributed by atoms with Crippen molar-refractivity contribution < 1.29 is 14.3 Å². The number of carbonyl (C=O) groups excluding carboxylic acids is 1. The Kier molecular flexibility index (Phi) is 6.41. The van der Waals surface area contributed by atoms with Crippen LogP contribution in [0.2, 0.25) is 0 Å². The van der Waals surface area contributed by atoms with Gasteiger partial charge in [0, 0.05) is 39.5 Å². The summed E-state index contributed by atoms with van der Waals surface area (Å²) >= 11 is 0. The first-order chi connectivity index (χ1) is 15.4. The number of imidazole rings is 1. The van der Waals surface area contributed by atoms with Crippen LogP contribution in [0.15, 0.2) is 42.6 Å². The third-order valence-electron chi connectivity index (χ3n) is 6.15. The van der Waals surface area contributed by atoms with Crippen LogP contribution in [0.25, 0.3) is 11.0 Å². The van der Waals surface area contributed by atoms with E-state index in [1.165, 1.54) is 12.3 Å². The topological polar surface area (TPSA) is 74.5 Å². The molecular formula is C24H30FN5O2. The van der Waals surface area contributed by atoms with Crippen LogP contribution in [-0.4, -0.2) is 62.7 Å². The number of β-amino-alcohol motifs (C(OH)–C–C–N with tert-alkyl or cyclic N) is 1. The number of aromatic nitrogens is 3.